The maximum Gasteiger partial charge on any atom is 0.409 e. The summed E-state index contributed by atoms with van der Waals surface area (Å²) >= 11 is 0. The highest BCUT2D eigenvalue weighted by Gasteiger charge is 2.23. The first kappa shape index (κ1) is 30.7. The van der Waals surface area contributed by atoms with Gasteiger partial charge >= 0.3 is 6.18 Å². The average Bonchev–Trinajstić information content (AvgIpc) is 2.96. The molecule has 0 aliphatic rings. The lowest BCUT2D eigenvalue weighted by Gasteiger charge is -2.11. The third-order valence-electron chi connectivity index (χ3n) is 7.18. The number of rotatable bonds is 7. The van der Waals surface area contributed by atoms with Gasteiger partial charge in [-0.25, -0.2) is 22.0 Å². The molecule has 0 saturated carbocycles. The zero-order chi connectivity index (χ0) is 31.6. The van der Waals surface area contributed by atoms with Crippen LogP contribution in [-0.2, 0) is 6.42 Å². The van der Waals surface area contributed by atoms with Gasteiger partial charge in [-0.3, -0.25) is 0 Å². The van der Waals surface area contributed by atoms with E-state index < -0.39 is 40.8 Å². The van der Waals surface area contributed by atoms with Crippen LogP contribution in [0.25, 0.3) is 50.6 Å². The van der Waals surface area contributed by atoms with E-state index in [1.165, 1.54) is 35.9 Å². The van der Waals surface area contributed by atoms with Gasteiger partial charge in [-0.1, -0.05) is 74.0 Å². The number of hydrogen-bond donors (Lipinski definition) is 0. The Morgan fingerprint density at radius 1 is 0.500 bits per heavy atom. The Labute approximate surface area is 248 Å². The average molecular weight is 609 g/mol. The summed E-state index contributed by atoms with van der Waals surface area (Å²) in [6.45, 7) is 2.09. The van der Waals surface area contributed by atoms with Gasteiger partial charge < -0.3 is 0 Å². The number of benzene rings is 5. The molecule has 5 aromatic carbocycles. The van der Waals surface area contributed by atoms with Crippen LogP contribution in [0.5, 0.6) is 0 Å². The zero-order valence-corrected chi connectivity index (χ0v) is 23.3. The topological polar surface area (TPSA) is 0 Å². The van der Waals surface area contributed by atoms with E-state index in [4.69, 9.17) is 0 Å². The highest BCUT2D eigenvalue weighted by Crippen LogP contribution is 2.35. The Morgan fingerprint density at radius 3 is 1.36 bits per heavy atom. The number of aryl methyl sites for hydroxylation is 1. The van der Waals surface area contributed by atoms with Crippen LogP contribution in [-0.4, -0.2) is 6.18 Å². The minimum absolute atomic E-state index is 0.00777. The van der Waals surface area contributed by atoms with Crippen molar-refractivity contribution in [2.75, 3.05) is 0 Å². The number of alkyl halides is 3. The highest BCUT2D eigenvalue weighted by atomic mass is 19.4. The van der Waals surface area contributed by atoms with Crippen LogP contribution in [0, 0.1) is 29.1 Å². The normalized spacial score (nSPS) is 11.8. The molecule has 0 bridgehead atoms. The third kappa shape index (κ3) is 6.75. The van der Waals surface area contributed by atoms with Crippen molar-refractivity contribution < 1.29 is 35.1 Å². The molecule has 0 heterocycles. The molecule has 0 saturated heterocycles. The van der Waals surface area contributed by atoms with Crippen LogP contribution in [0.2, 0.25) is 0 Å². The van der Waals surface area contributed by atoms with Crippen LogP contribution in [0.15, 0.2) is 97.1 Å². The molecule has 0 unspecified atom stereocenters. The van der Waals surface area contributed by atoms with Crippen LogP contribution in [0.1, 0.15) is 24.5 Å². The molecule has 224 valence electrons. The zero-order valence-electron chi connectivity index (χ0n) is 23.3. The summed E-state index contributed by atoms with van der Waals surface area (Å²) in [5.74, 6) is -4.84. The van der Waals surface area contributed by atoms with Crippen molar-refractivity contribution >= 4 is 6.08 Å². The Morgan fingerprint density at radius 2 is 0.909 bits per heavy atom. The van der Waals surface area contributed by atoms with Crippen LogP contribution >= 0.6 is 0 Å². The van der Waals surface area contributed by atoms with Crippen molar-refractivity contribution in [3.8, 4) is 44.5 Å². The van der Waals surface area contributed by atoms with Crippen molar-refractivity contribution in [3.05, 3.63) is 137 Å². The largest absolute Gasteiger partial charge is 0.409 e. The van der Waals surface area contributed by atoms with Gasteiger partial charge in [-0.2, -0.15) is 13.2 Å². The first-order valence-corrected chi connectivity index (χ1v) is 13.7. The molecular formula is C36H24F8. The van der Waals surface area contributed by atoms with E-state index in [1.807, 2.05) is 24.3 Å². The van der Waals surface area contributed by atoms with Gasteiger partial charge in [-0.05, 0) is 76.2 Å². The van der Waals surface area contributed by atoms with E-state index in [9.17, 15) is 22.0 Å². The van der Waals surface area contributed by atoms with Crippen molar-refractivity contribution in [2.45, 2.75) is 25.9 Å². The molecule has 0 aromatic heterocycles. The molecule has 5 rings (SSSR count). The van der Waals surface area contributed by atoms with Gasteiger partial charge in [0.1, 0.15) is 29.1 Å². The fraction of sp³-hybridized carbons (Fsp3) is 0.111. The highest BCUT2D eigenvalue weighted by molar-refractivity contribution is 5.76. The van der Waals surface area contributed by atoms with Gasteiger partial charge in [0.2, 0.25) is 0 Å². The lowest BCUT2D eigenvalue weighted by Crippen LogP contribution is -2.01. The first-order chi connectivity index (χ1) is 20.9. The fourth-order valence-electron chi connectivity index (χ4n) is 4.99. The number of hydrogen-bond acceptors (Lipinski definition) is 0. The minimum Gasteiger partial charge on any atom is -0.206 e. The maximum absolute atomic E-state index is 15.2. The van der Waals surface area contributed by atoms with E-state index in [2.05, 4.69) is 6.92 Å². The van der Waals surface area contributed by atoms with Crippen LogP contribution in [0.4, 0.5) is 35.1 Å². The molecule has 0 atom stereocenters. The number of halogens is 8. The Kier molecular flexibility index (Phi) is 8.72. The van der Waals surface area contributed by atoms with Gasteiger partial charge in [-0.15, -0.1) is 0 Å². The Hall–Kier alpha value is -4.72. The quantitative estimate of drug-likeness (QED) is 0.161. The summed E-state index contributed by atoms with van der Waals surface area (Å²) in [6, 6.07) is 21.5. The van der Waals surface area contributed by atoms with Crippen molar-refractivity contribution in [1.29, 1.82) is 0 Å². The molecule has 44 heavy (non-hydrogen) atoms. The second-order valence-corrected chi connectivity index (χ2v) is 10.3. The molecule has 0 aliphatic heterocycles. The summed E-state index contributed by atoms with van der Waals surface area (Å²) < 4.78 is 111. The summed E-state index contributed by atoms with van der Waals surface area (Å²) in [4.78, 5) is 0. The lowest BCUT2D eigenvalue weighted by atomic mass is 9.95. The SMILES string of the molecule is CCCc1ccc(-c2ccc(-c3ccc(-c4ccc(-c5cc(F)c(C=CC(F)(F)F)c(F)c5)c(F)c4)c(F)c3)c(F)c2)cc1. The molecule has 0 amide bonds. The molecule has 0 aliphatic carbocycles. The van der Waals surface area contributed by atoms with Crippen molar-refractivity contribution in [1.82, 2.24) is 0 Å². The summed E-state index contributed by atoms with van der Waals surface area (Å²) in [7, 11) is 0. The molecule has 8 heteroatoms. The van der Waals surface area contributed by atoms with Gasteiger partial charge in [0.25, 0.3) is 0 Å². The van der Waals surface area contributed by atoms with Gasteiger partial charge in [0, 0.05) is 28.3 Å². The second kappa shape index (κ2) is 12.5. The van der Waals surface area contributed by atoms with Crippen molar-refractivity contribution in [3.63, 3.8) is 0 Å². The molecular weight excluding hydrogens is 584 g/mol. The van der Waals surface area contributed by atoms with Crippen molar-refractivity contribution in [2.24, 2.45) is 0 Å². The Bertz CT molecular complexity index is 1830. The Balaban J connectivity index is 1.39. The first-order valence-electron chi connectivity index (χ1n) is 13.7. The standard InChI is InChI=1S/C36H24F8/c1-2-3-21-4-6-22(7-5-21)23-8-11-27(31(37)16-23)24-9-12-28(32(38)17-24)25-10-13-29(33(39)18-25)26-19-34(40)30(35(41)20-26)14-15-36(42,43)44/h4-20H,2-3H2,1H3. The van der Waals surface area contributed by atoms with E-state index >= 15 is 13.2 Å². The lowest BCUT2D eigenvalue weighted by molar-refractivity contribution is -0.0790. The molecule has 5 aromatic rings. The summed E-state index contributed by atoms with van der Waals surface area (Å²) in [5.41, 5.74) is 1.88. The number of allylic oxidation sites excluding steroid dienone is 1. The van der Waals surface area contributed by atoms with Crippen LogP contribution in [0.3, 0.4) is 0 Å². The third-order valence-corrected chi connectivity index (χ3v) is 7.18. The van der Waals surface area contributed by atoms with Gasteiger partial charge in [0.05, 0.1) is 0 Å². The monoisotopic (exact) mass is 608 g/mol. The van der Waals surface area contributed by atoms with Gasteiger partial charge in [0.15, 0.2) is 0 Å². The van der Waals surface area contributed by atoms with E-state index in [-0.39, 0.29) is 45.5 Å². The molecule has 0 N–H and O–H groups in total. The smallest absolute Gasteiger partial charge is 0.206 e. The summed E-state index contributed by atoms with van der Waals surface area (Å²) in [6.07, 6.45) is -2.85. The fourth-order valence-corrected chi connectivity index (χ4v) is 4.99. The second-order valence-electron chi connectivity index (χ2n) is 10.3. The summed E-state index contributed by atoms with van der Waals surface area (Å²) in [5, 5.41) is 0. The maximum atomic E-state index is 15.2. The molecule has 0 radical (unpaired) electrons. The molecule has 0 nitrogen and oxygen atoms in total. The van der Waals surface area contributed by atoms with E-state index in [0.29, 0.717) is 17.7 Å². The predicted octanol–water partition coefficient (Wildman–Crippen LogP) is 11.6. The minimum atomic E-state index is -4.77. The van der Waals surface area contributed by atoms with E-state index in [0.717, 1.165) is 30.5 Å². The molecule has 0 spiro atoms. The molecule has 0 fully saturated rings. The van der Waals surface area contributed by atoms with E-state index in [1.54, 1.807) is 12.1 Å². The van der Waals surface area contributed by atoms with Crippen LogP contribution < -0.4 is 0 Å². The predicted molar refractivity (Wildman–Crippen MR) is 157 cm³/mol.